The summed E-state index contributed by atoms with van der Waals surface area (Å²) in [5.74, 6) is 0. The largest absolute Gasteiger partial charge is 0.327 e. The van der Waals surface area contributed by atoms with Gasteiger partial charge in [-0.05, 0) is 31.8 Å². The van der Waals surface area contributed by atoms with E-state index in [0.717, 1.165) is 13.0 Å². The molecule has 12 heavy (non-hydrogen) atoms. The highest BCUT2D eigenvalue weighted by Crippen LogP contribution is 2.20. The second-order valence-electron chi connectivity index (χ2n) is 4.57. The van der Waals surface area contributed by atoms with Crippen molar-refractivity contribution in [2.45, 2.75) is 46.1 Å². The van der Waals surface area contributed by atoms with Crippen molar-refractivity contribution < 1.29 is 0 Å². The first-order valence-electron chi connectivity index (χ1n) is 4.88. The Bertz CT molecular complexity index is 105. The molecule has 0 aromatic heterocycles. The van der Waals surface area contributed by atoms with Crippen LogP contribution in [0.3, 0.4) is 0 Å². The predicted octanol–water partition coefficient (Wildman–Crippen LogP) is 1.75. The lowest BCUT2D eigenvalue weighted by Crippen LogP contribution is -2.34. The molecule has 1 atom stereocenters. The quantitative estimate of drug-likeness (QED) is 0.620. The van der Waals surface area contributed by atoms with E-state index in [1.54, 1.807) is 0 Å². The highest BCUT2D eigenvalue weighted by Gasteiger charge is 2.19. The Labute approximate surface area is 76.9 Å². The SMILES string of the molecule is CNCCCC[C@H](N)C(C)(C)C. The molecular weight excluding hydrogens is 148 g/mol. The molecule has 0 bridgehead atoms. The van der Waals surface area contributed by atoms with E-state index in [-0.39, 0.29) is 5.41 Å². The van der Waals surface area contributed by atoms with Crippen molar-refractivity contribution >= 4 is 0 Å². The predicted molar refractivity (Wildman–Crippen MR) is 55.2 cm³/mol. The third kappa shape index (κ3) is 5.56. The highest BCUT2D eigenvalue weighted by molar-refractivity contribution is 4.76. The van der Waals surface area contributed by atoms with E-state index in [2.05, 4.69) is 26.1 Å². The molecule has 0 aliphatic carbocycles. The molecule has 0 fully saturated rings. The van der Waals surface area contributed by atoms with Gasteiger partial charge in [-0.3, -0.25) is 0 Å². The monoisotopic (exact) mass is 172 g/mol. The number of rotatable bonds is 5. The van der Waals surface area contributed by atoms with Gasteiger partial charge in [-0.25, -0.2) is 0 Å². The van der Waals surface area contributed by atoms with Crippen LogP contribution in [-0.4, -0.2) is 19.6 Å². The fraction of sp³-hybridized carbons (Fsp3) is 1.00. The summed E-state index contributed by atoms with van der Waals surface area (Å²) < 4.78 is 0. The first kappa shape index (κ1) is 11.9. The van der Waals surface area contributed by atoms with Gasteiger partial charge in [0.2, 0.25) is 0 Å². The van der Waals surface area contributed by atoms with E-state index in [0.29, 0.717) is 6.04 Å². The molecule has 0 aromatic carbocycles. The Morgan fingerprint density at radius 2 is 1.83 bits per heavy atom. The first-order chi connectivity index (χ1) is 5.48. The number of nitrogens with one attached hydrogen (secondary N) is 1. The topological polar surface area (TPSA) is 38.0 Å². The molecule has 2 nitrogen and oxygen atoms in total. The van der Waals surface area contributed by atoms with Crippen LogP contribution in [0, 0.1) is 5.41 Å². The van der Waals surface area contributed by atoms with E-state index in [9.17, 15) is 0 Å². The number of hydrogen-bond acceptors (Lipinski definition) is 2. The maximum Gasteiger partial charge on any atom is 0.00876 e. The summed E-state index contributed by atoms with van der Waals surface area (Å²) in [5, 5.41) is 3.14. The van der Waals surface area contributed by atoms with Gasteiger partial charge in [0, 0.05) is 6.04 Å². The van der Waals surface area contributed by atoms with Crippen LogP contribution < -0.4 is 11.1 Å². The molecule has 0 rings (SSSR count). The molecule has 0 aromatic rings. The summed E-state index contributed by atoms with van der Waals surface area (Å²) in [6.45, 7) is 7.72. The molecule has 0 spiro atoms. The zero-order valence-electron chi connectivity index (χ0n) is 8.98. The standard InChI is InChI=1S/C10H24N2/c1-10(2,3)9(11)7-5-6-8-12-4/h9,12H,5-8,11H2,1-4H3/t9-/m0/s1. The van der Waals surface area contributed by atoms with Crippen LogP contribution in [-0.2, 0) is 0 Å². The molecule has 0 amide bonds. The van der Waals surface area contributed by atoms with Gasteiger partial charge in [0.05, 0.1) is 0 Å². The molecule has 0 heterocycles. The van der Waals surface area contributed by atoms with Crippen molar-refractivity contribution in [3.8, 4) is 0 Å². The highest BCUT2D eigenvalue weighted by atomic mass is 14.8. The van der Waals surface area contributed by atoms with E-state index in [4.69, 9.17) is 5.73 Å². The van der Waals surface area contributed by atoms with Crippen molar-refractivity contribution in [1.82, 2.24) is 5.32 Å². The maximum atomic E-state index is 6.01. The molecule has 0 aliphatic heterocycles. The van der Waals surface area contributed by atoms with Crippen molar-refractivity contribution in [2.75, 3.05) is 13.6 Å². The van der Waals surface area contributed by atoms with Gasteiger partial charge in [-0.1, -0.05) is 27.2 Å². The van der Waals surface area contributed by atoms with Gasteiger partial charge in [0.25, 0.3) is 0 Å². The van der Waals surface area contributed by atoms with Gasteiger partial charge in [0.15, 0.2) is 0 Å². The number of nitrogens with two attached hydrogens (primary N) is 1. The molecule has 74 valence electrons. The second-order valence-corrected chi connectivity index (χ2v) is 4.57. The van der Waals surface area contributed by atoms with Gasteiger partial charge in [-0.15, -0.1) is 0 Å². The van der Waals surface area contributed by atoms with Crippen molar-refractivity contribution in [3.05, 3.63) is 0 Å². The molecule has 0 saturated heterocycles. The van der Waals surface area contributed by atoms with Crippen LogP contribution in [0.4, 0.5) is 0 Å². The van der Waals surface area contributed by atoms with Gasteiger partial charge >= 0.3 is 0 Å². The molecule has 0 radical (unpaired) electrons. The third-order valence-corrected chi connectivity index (χ3v) is 2.30. The van der Waals surface area contributed by atoms with Gasteiger partial charge in [-0.2, -0.15) is 0 Å². The Morgan fingerprint density at radius 3 is 2.25 bits per heavy atom. The molecular formula is C10H24N2. The third-order valence-electron chi connectivity index (χ3n) is 2.30. The van der Waals surface area contributed by atoms with Crippen LogP contribution in [0.15, 0.2) is 0 Å². The summed E-state index contributed by atoms with van der Waals surface area (Å²) >= 11 is 0. The van der Waals surface area contributed by atoms with Crippen molar-refractivity contribution in [2.24, 2.45) is 11.1 Å². The Kier molecular flexibility index (Phi) is 5.51. The van der Waals surface area contributed by atoms with Crippen molar-refractivity contribution in [3.63, 3.8) is 0 Å². The molecule has 0 saturated carbocycles. The van der Waals surface area contributed by atoms with Crippen LogP contribution in [0.2, 0.25) is 0 Å². The van der Waals surface area contributed by atoms with Crippen molar-refractivity contribution in [1.29, 1.82) is 0 Å². The summed E-state index contributed by atoms with van der Waals surface area (Å²) in [4.78, 5) is 0. The van der Waals surface area contributed by atoms with Crippen LogP contribution in [0.1, 0.15) is 40.0 Å². The summed E-state index contributed by atoms with van der Waals surface area (Å²) in [7, 11) is 1.99. The molecule has 0 unspecified atom stereocenters. The van der Waals surface area contributed by atoms with E-state index >= 15 is 0 Å². The minimum absolute atomic E-state index is 0.264. The lowest BCUT2D eigenvalue weighted by molar-refractivity contribution is 0.299. The Balaban J connectivity index is 3.38. The van der Waals surface area contributed by atoms with Crippen LogP contribution >= 0.6 is 0 Å². The lowest BCUT2D eigenvalue weighted by atomic mass is 9.84. The maximum absolute atomic E-state index is 6.01. The summed E-state index contributed by atoms with van der Waals surface area (Å²) in [6, 6.07) is 0.342. The minimum Gasteiger partial charge on any atom is -0.327 e. The zero-order valence-corrected chi connectivity index (χ0v) is 8.98. The molecule has 2 heteroatoms. The smallest absolute Gasteiger partial charge is 0.00876 e. The zero-order chi connectivity index (χ0) is 9.61. The molecule has 3 N–H and O–H groups in total. The Hall–Kier alpha value is -0.0800. The first-order valence-corrected chi connectivity index (χ1v) is 4.88. The normalized spacial score (nSPS) is 14.8. The summed E-state index contributed by atoms with van der Waals surface area (Å²) in [5.41, 5.74) is 6.28. The van der Waals surface area contributed by atoms with Crippen LogP contribution in [0.25, 0.3) is 0 Å². The average Bonchev–Trinajstić information content (AvgIpc) is 1.96. The number of hydrogen-bond donors (Lipinski definition) is 2. The number of unbranched alkanes of at least 4 members (excludes halogenated alkanes) is 1. The van der Waals surface area contributed by atoms with Gasteiger partial charge in [0.1, 0.15) is 0 Å². The fourth-order valence-corrected chi connectivity index (χ4v) is 1.10. The lowest BCUT2D eigenvalue weighted by Gasteiger charge is -2.26. The summed E-state index contributed by atoms with van der Waals surface area (Å²) in [6.07, 6.45) is 3.62. The van der Waals surface area contributed by atoms with Gasteiger partial charge < -0.3 is 11.1 Å². The fourth-order valence-electron chi connectivity index (χ4n) is 1.10. The van der Waals surface area contributed by atoms with E-state index in [1.807, 2.05) is 7.05 Å². The second kappa shape index (κ2) is 5.55. The average molecular weight is 172 g/mol. The van der Waals surface area contributed by atoms with Crippen LogP contribution in [0.5, 0.6) is 0 Å². The van der Waals surface area contributed by atoms with E-state index in [1.165, 1.54) is 12.8 Å². The minimum atomic E-state index is 0.264. The van der Waals surface area contributed by atoms with E-state index < -0.39 is 0 Å². The Morgan fingerprint density at radius 1 is 1.25 bits per heavy atom. The molecule has 0 aliphatic rings.